The van der Waals surface area contributed by atoms with Crippen LogP contribution in [0.1, 0.15) is 32.1 Å². The van der Waals surface area contributed by atoms with Gasteiger partial charge in [0.15, 0.2) is 0 Å². The van der Waals surface area contributed by atoms with Gasteiger partial charge in [-0.3, -0.25) is 0 Å². The zero-order valence-electron chi connectivity index (χ0n) is 9.65. The van der Waals surface area contributed by atoms with Gasteiger partial charge in [0.25, 0.3) is 0 Å². The lowest BCUT2D eigenvalue weighted by molar-refractivity contribution is 0.0325. The average molecular weight is 213 g/mol. The van der Waals surface area contributed by atoms with Crippen molar-refractivity contribution in [2.24, 2.45) is 17.6 Å². The van der Waals surface area contributed by atoms with E-state index in [0.717, 1.165) is 31.5 Å². The lowest BCUT2D eigenvalue weighted by Gasteiger charge is -2.28. The van der Waals surface area contributed by atoms with Crippen molar-refractivity contribution in [2.45, 2.75) is 44.2 Å². The fourth-order valence-corrected chi connectivity index (χ4v) is 2.64. The van der Waals surface area contributed by atoms with Crippen LogP contribution in [0.2, 0.25) is 0 Å². The van der Waals surface area contributed by atoms with Crippen molar-refractivity contribution in [2.75, 3.05) is 20.3 Å². The minimum atomic E-state index is 0.227. The Morgan fingerprint density at radius 1 is 1.27 bits per heavy atom. The molecule has 3 nitrogen and oxygen atoms in total. The number of hydrogen-bond acceptors (Lipinski definition) is 3. The summed E-state index contributed by atoms with van der Waals surface area (Å²) < 4.78 is 10.9. The van der Waals surface area contributed by atoms with E-state index in [1.807, 2.05) is 0 Å². The molecule has 2 fully saturated rings. The zero-order valence-corrected chi connectivity index (χ0v) is 9.65. The van der Waals surface area contributed by atoms with Crippen LogP contribution in [0.25, 0.3) is 0 Å². The van der Waals surface area contributed by atoms with E-state index >= 15 is 0 Å². The summed E-state index contributed by atoms with van der Waals surface area (Å²) in [5, 5.41) is 0. The predicted octanol–water partition coefficient (Wildman–Crippen LogP) is 1.56. The number of hydrogen-bond donors (Lipinski definition) is 1. The molecule has 2 atom stereocenters. The van der Waals surface area contributed by atoms with Gasteiger partial charge in [-0.15, -0.1) is 0 Å². The van der Waals surface area contributed by atoms with Crippen LogP contribution in [0.15, 0.2) is 0 Å². The fraction of sp³-hybridized carbons (Fsp3) is 1.00. The van der Waals surface area contributed by atoms with Gasteiger partial charge in [-0.25, -0.2) is 0 Å². The maximum atomic E-state index is 6.23. The Bertz CT molecular complexity index is 188. The summed E-state index contributed by atoms with van der Waals surface area (Å²) in [5.41, 5.74) is 6.23. The van der Waals surface area contributed by atoms with Crippen LogP contribution >= 0.6 is 0 Å². The topological polar surface area (TPSA) is 44.5 Å². The molecular weight excluding hydrogens is 190 g/mol. The van der Waals surface area contributed by atoms with Gasteiger partial charge in [0.2, 0.25) is 0 Å². The molecule has 1 saturated carbocycles. The van der Waals surface area contributed by atoms with Crippen LogP contribution in [0.3, 0.4) is 0 Å². The van der Waals surface area contributed by atoms with E-state index in [9.17, 15) is 0 Å². The van der Waals surface area contributed by atoms with Gasteiger partial charge in [0.05, 0.1) is 6.10 Å². The molecule has 1 aliphatic carbocycles. The third kappa shape index (κ3) is 3.16. The molecule has 0 bridgehead atoms. The lowest BCUT2D eigenvalue weighted by Crippen LogP contribution is -2.40. The van der Waals surface area contributed by atoms with Crippen molar-refractivity contribution in [1.82, 2.24) is 0 Å². The average Bonchev–Trinajstić information content (AvgIpc) is 3.04. The Hall–Kier alpha value is -0.120. The molecule has 15 heavy (non-hydrogen) atoms. The molecule has 0 amide bonds. The van der Waals surface area contributed by atoms with Gasteiger partial charge in [0, 0.05) is 26.4 Å². The SMILES string of the molecule is COC(C(N)CC1CCOCC1)C1CC1. The smallest absolute Gasteiger partial charge is 0.0750 e. The van der Waals surface area contributed by atoms with E-state index in [1.54, 1.807) is 7.11 Å². The van der Waals surface area contributed by atoms with Crippen molar-refractivity contribution >= 4 is 0 Å². The first-order valence-corrected chi connectivity index (χ1v) is 6.17. The Kier molecular flexibility index (Phi) is 4.00. The second-order valence-corrected chi connectivity index (χ2v) is 4.99. The summed E-state index contributed by atoms with van der Waals surface area (Å²) in [6.07, 6.45) is 6.37. The van der Waals surface area contributed by atoms with Crippen LogP contribution in [-0.2, 0) is 9.47 Å². The van der Waals surface area contributed by atoms with Crippen molar-refractivity contribution in [3.63, 3.8) is 0 Å². The van der Waals surface area contributed by atoms with E-state index in [1.165, 1.54) is 25.7 Å². The predicted molar refractivity (Wildman–Crippen MR) is 59.7 cm³/mol. The highest BCUT2D eigenvalue weighted by molar-refractivity contribution is 4.89. The lowest BCUT2D eigenvalue weighted by atomic mass is 9.89. The summed E-state index contributed by atoms with van der Waals surface area (Å²) in [6.45, 7) is 1.83. The van der Waals surface area contributed by atoms with Gasteiger partial charge in [-0.2, -0.15) is 0 Å². The van der Waals surface area contributed by atoms with Crippen LogP contribution in [0.4, 0.5) is 0 Å². The summed E-state index contributed by atoms with van der Waals surface area (Å²) in [7, 11) is 1.80. The van der Waals surface area contributed by atoms with Crippen LogP contribution < -0.4 is 5.73 Å². The first-order chi connectivity index (χ1) is 7.31. The van der Waals surface area contributed by atoms with Crippen LogP contribution in [0.5, 0.6) is 0 Å². The minimum Gasteiger partial charge on any atom is -0.381 e. The third-order valence-corrected chi connectivity index (χ3v) is 3.73. The van der Waals surface area contributed by atoms with E-state index in [2.05, 4.69) is 0 Å². The van der Waals surface area contributed by atoms with Gasteiger partial charge in [0.1, 0.15) is 0 Å². The Morgan fingerprint density at radius 3 is 2.47 bits per heavy atom. The van der Waals surface area contributed by atoms with Crippen molar-refractivity contribution in [1.29, 1.82) is 0 Å². The second kappa shape index (κ2) is 5.28. The fourth-order valence-electron chi connectivity index (χ4n) is 2.64. The summed E-state index contributed by atoms with van der Waals surface area (Å²) in [5.74, 6) is 1.50. The number of nitrogens with two attached hydrogens (primary N) is 1. The molecule has 2 rings (SSSR count). The molecule has 1 heterocycles. The van der Waals surface area contributed by atoms with Crippen molar-refractivity contribution < 1.29 is 9.47 Å². The molecular formula is C12H23NO2. The molecule has 0 spiro atoms. The maximum Gasteiger partial charge on any atom is 0.0750 e. The van der Waals surface area contributed by atoms with Crippen molar-refractivity contribution in [3.8, 4) is 0 Å². The Balaban J connectivity index is 1.75. The summed E-state index contributed by atoms with van der Waals surface area (Å²) >= 11 is 0. The molecule has 0 aromatic rings. The van der Waals surface area contributed by atoms with Gasteiger partial charge >= 0.3 is 0 Å². The standard InChI is InChI=1S/C12H23NO2/c1-14-12(10-2-3-10)11(13)8-9-4-6-15-7-5-9/h9-12H,2-8,13H2,1H3. The third-order valence-electron chi connectivity index (χ3n) is 3.73. The molecule has 0 aromatic carbocycles. The normalized spacial score (nSPS) is 27.6. The van der Waals surface area contributed by atoms with Gasteiger partial charge in [-0.05, 0) is 43.9 Å². The molecule has 1 aliphatic heterocycles. The highest BCUT2D eigenvalue weighted by atomic mass is 16.5. The summed E-state index contributed by atoms with van der Waals surface area (Å²) in [6, 6.07) is 0.227. The quantitative estimate of drug-likeness (QED) is 0.753. The van der Waals surface area contributed by atoms with Crippen LogP contribution in [0, 0.1) is 11.8 Å². The number of ether oxygens (including phenoxy) is 2. The zero-order chi connectivity index (χ0) is 10.7. The highest BCUT2D eigenvalue weighted by Crippen LogP contribution is 2.36. The van der Waals surface area contributed by atoms with Gasteiger partial charge in [-0.1, -0.05) is 0 Å². The molecule has 3 heteroatoms. The minimum absolute atomic E-state index is 0.227. The number of rotatable bonds is 5. The first kappa shape index (κ1) is 11.4. The van der Waals surface area contributed by atoms with Gasteiger partial charge < -0.3 is 15.2 Å². The van der Waals surface area contributed by atoms with E-state index in [-0.39, 0.29) is 6.04 Å². The molecule has 2 N–H and O–H groups in total. The highest BCUT2D eigenvalue weighted by Gasteiger charge is 2.36. The molecule has 0 aromatic heterocycles. The summed E-state index contributed by atoms with van der Waals surface area (Å²) in [4.78, 5) is 0. The second-order valence-electron chi connectivity index (χ2n) is 4.99. The maximum absolute atomic E-state index is 6.23. The monoisotopic (exact) mass is 213 g/mol. The molecule has 2 aliphatic rings. The van der Waals surface area contributed by atoms with Crippen LogP contribution in [-0.4, -0.2) is 32.5 Å². The molecule has 2 unspecified atom stereocenters. The largest absolute Gasteiger partial charge is 0.381 e. The Morgan fingerprint density at radius 2 is 1.93 bits per heavy atom. The Labute approximate surface area is 92.3 Å². The molecule has 88 valence electrons. The van der Waals surface area contributed by atoms with Crippen molar-refractivity contribution in [3.05, 3.63) is 0 Å². The first-order valence-electron chi connectivity index (χ1n) is 6.17. The number of methoxy groups -OCH3 is 1. The molecule has 1 saturated heterocycles. The van der Waals surface area contributed by atoms with E-state index < -0.39 is 0 Å². The van der Waals surface area contributed by atoms with E-state index in [0.29, 0.717) is 6.10 Å². The molecule has 0 radical (unpaired) electrons. The van der Waals surface area contributed by atoms with E-state index in [4.69, 9.17) is 15.2 Å².